The van der Waals surface area contributed by atoms with Gasteiger partial charge in [0.25, 0.3) is 0 Å². The van der Waals surface area contributed by atoms with Gasteiger partial charge in [-0.15, -0.1) is 0 Å². The lowest BCUT2D eigenvalue weighted by molar-refractivity contribution is 0.0992. The van der Waals surface area contributed by atoms with Crippen LogP contribution in [0.1, 0.15) is 27.0 Å². The fraction of sp³-hybridized carbons (Fsp3) is 0.188. The largest absolute Gasteiger partial charge is 0.294 e. The Morgan fingerprint density at radius 3 is 2.63 bits per heavy atom. The lowest BCUT2D eigenvalue weighted by atomic mass is 9.96. The van der Waals surface area contributed by atoms with Crippen LogP contribution in [-0.2, 0) is 6.42 Å². The van der Waals surface area contributed by atoms with Crippen molar-refractivity contribution in [1.82, 2.24) is 0 Å². The van der Waals surface area contributed by atoms with E-state index in [9.17, 15) is 9.18 Å². The number of hydrogen-bond acceptors (Lipinski definition) is 1. The summed E-state index contributed by atoms with van der Waals surface area (Å²) in [7, 11) is 0. The normalized spacial score (nSPS) is 10.5. The Kier molecular flexibility index (Phi) is 4.01. The Labute approximate surface area is 117 Å². The number of rotatable bonds is 3. The van der Waals surface area contributed by atoms with E-state index < -0.39 is 5.82 Å². The molecule has 0 aliphatic rings. The second-order valence-electron chi connectivity index (χ2n) is 4.60. The molecule has 2 aromatic rings. The number of halogens is 2. The Hall–Kier alpha value is -1.67. The van der Waals surface area contributed by atoms with E-state index >= 15 is 0 Å². The van der Waals surface area contributed by atoms with Gasteiger partial charge < -0.3 is 0 Å². The van der Waals surface area contributed by atoms with Gasteiger partial charge in [0.05, 0.1) is 5.02 Å². The predicted molar refractivity (Wildman–Crippen MR) is 75.4 cm³/mol. The van der Waals surface area contributed by atoms with Crippen LogP contribution in [0.2, 0.25) is 5.02 Å². The average molecular weight is 277 g/mol. The van der Waals surface area contributed by atoms with E-state index in [1.807, 2.05) is 26.0 Å². The van der Waals surface area contributed by atoms with Crippen molar-refractivity contribution in [2.24, 2.45) is 0 Å². The number of ketones is 1. The van der Waals surface area contributed by atoms with Gasteiger partial charge in [-0.05, 0) is 42.7 Å². The molecule has 0 aromatic heterocycles. The molecular weight excluding hydrogens is 263 g/mol. The van der Waals surface area contributed by atoms with Gasteiger partial charge in [0.15, 0.2) is 5.78 Å². The van der Waals surface area contributed by atoms with E-state index in [4.69, 9.17) is 11.6 Å². The molecular formula is C16H14ClFO. The van der Waals surface area contributed by atoms with Crippen LogP contribution >= 0.6 is 11.6 Å². The van der Waals surface area contributed by atoms with Gasteiger partial charge in [0, 0.05) is 12.0 Å². The summed E-state index contributed by atoms with van der Waals surface area (Å²) in [6.07, 6.45) is 0.179. The van der Waals surface area contributed by atoms with Gasteiger partial charge >= 0.3 is 0 Å². The Bertz CT molecular complexity index is 635. The Balaban J connectivity index is 2.26. The molecule has 2 aromatic carbocycles. The first-order valence-electron chi connectivity index (χ1n) is 6.02. The van der Waals surface area contributed by atoms with E-state index in [0.717, 1.165) is 11.1 Å². The van der Waals surface area contributed by atoms with Crippen molar-refractivity contribution in [3.8, 4) is 0 Å². The number of Topliss-reactive ketones (excluding diaryl/α,β-unsaturated/α-hetero) is 1. The quantitative estimate of drug-likeness (QED) is 0.753. The lowest BCUT2D eigenvalue weighted by Gasteiger charge is -2.08. The molecule has 0 aliphatic carbocycles. The van der Waals surface area contributed by atoms with Crippen molar-refractivity contribution in [1.29, 1.82) is 0 Å². The van der Waals surface area contributed by atoms with Crippen LogP contribution in [0.15, 0.2) is 36.4 Å². The van der Waals surface area contributed by atoms with E-state index in [-0.39, 0.29) is 17.2 Å². The zero-order chi connectivity index (χ0) is 14.0. The molecule has 0 saturated carbocycles. The van der Waals surface area contributed by atoms with E-state index in [0.29, 0.717) is 11.1 Å². The third-order valence-corrected chi connectivity index (χ3v) is 3.56. The summed E-state index contributed by atoms with van der Waals surface area (Å²) in [6.45, 7) is 3.89. The van der Waals surface area contributed by atoms with Gasteiger partial charge in [-0.3, -0.25) is 4.79 Å². The maximum Gasteiger partial charge on any atom is 0.167 e. The Morgan fingerprint density at radius 2 is 1.95 bits per heavy atom. The minimum atomic E-state index is -0.493. The molecule has 2 rings (SSSR count). The third-order valence-electron chi connectivity index (χ3n) is 3.25. The number of benzene rings is 2. The molecule has 0 aliphatic heterocycles. The number of hydrogen-bond donors (Lipinski definition) is 0. The minimum Gasteiger partial charge on any atom is -0.294 e. The van der Waals surface area contributed by atoms with Gasteiger partial charge in [0.1, 0.15) is 5.82 Å². The molecule has 0 saturated heterocycles. The van der Waals surface area contributed by atoms with E-state index in [1.54, 1.807) is 12.1 Å². The van der Waals surface area contributed by atoms with Crippen molar-refractivity contribution in [2.75, 3.05) is 0 Å². The third kappa shape index (κ3) is 3.02. The molecule has 0 fully saturated rings. The fourth-order valence-corrected chi connectivity index (χ4v) is 2.10. The van der Waals surface area contributed by atoms with E-state index in [1.165, 1.54) is 12.1 Å². The SMILES string of the molecule is Cc1cccc(C(=O)Cc2ccc(Cl)c(F)c2)c1C. The molecule has 0 heterocycles. The second kappa shape index (κ2) is 5.54. The summed E-state index contributed by atoms with van der Waals surface area (Å²) in [6, 6.07) is 10.1. The molecule has 1 nitrogen and oxygen atoms in total. The molecule has 0 N–H and O–H groups in total. The summed E-state index contributed by atoms with van der Waals surface area (Å²) in [5.41, 5.74) is 3.37. The number of carbonyl (C=O) groups excluding carboxylic acids is 1. The van der Waals surface area contributed by atoms with Crippen molar-refractivity contribution < 1.29 is 9.18 Å². The first-order chi connectivity index (χ1) is 8.99. The molecule has 98 valence electrons. The highest BCUT2D eigenvalue weighted by Crippen LogP contribution is 2.19. The molecule has 0 radical (unpaired) electrons. The topological polar surface area (TPSA) is 17.1 Å². The fourth-order valence-electron chi connectivity index (χ4n) is 1.98. The highest BCUT2D eigenvalue weighted by molar-refractivity contribution is 6.30. The molecule has 0 atom stereocenters. The highest BCUT2D eigenvalue weighted by atomic mass is 35.5. The van der Waals surface area contributed by atoms with Crippen molar-refractivity contribution in [3.63, 3.8) is 0 Å². The van der Waals surface area contributed by atoms with Crippen molar-refractivity contribution in [2.45, 2.75) is 20.3 Å². The van der Waals surface area contributed by atoms with Gasteiger partial charge in [-0.25, -0.2) is 4.39 Å². The number of aryl methyl sites for hydroxylation is 1. The molecule has 0 spiro atoms. The minimum absolute atomic E-state index is 0.0112. The summed E-state index contributed by atoms with van der Waals surface area (Å²) in [5, 5.41) is 0.0722. The van der Waals surface area contributed by atoms with E-state index in [2.05, 4.69) is 0 Å². The standard InChI is InChI=1S/C16H14ClFO/c1-10-4-3-5-13(11(10)2)16(19)9-12-6-7-14(17)15(18)8-12/h3-8H,9H2,1-2H3. The summed E-state index contributed by atoms with van der Waals surface area (Å²) >= 11 is 5.62. The van der Waals surface area contributed by atoms with Crippen molar-refractivity contribution in [3.05, 3.63) is 69.5 Å². The zero-order valence-electron chi connectivity index (χ0n) is 10.8. The highest BCUT2D eigenvalue weighted by Gasteiger charge is 2.12. The smallest absolute Gasteiger partial charge is 0.167 e. The van der Waals surface area contributed by atoms with Gasteiger partial charge in [0.2, 0.25) is 0 Å². The predicted octanol–water partition coefficient (Wildman–Crippen LogP) is 4.52. The molecule has 0 amide bonds. The van der Waals surface area contributed by atoms with Crippen LogP contribution in [0.25, 0.3) is 0 Å². The zero-order valence-corrected chi connectivity index (χ0v) is 11.6. The monoisotopic (exact) mass is 276 g/mol. The van der Waals surface area contributed by atoms with Crippen molar-refractivity contribution >= 4 is 17.4 Å². The molecule has 0 unspecified atom stereocenters. The maximum atomic E-state index is 13.3. The van der Waals surface area contributed by atoms with Crippen LogP contribution in [0, 0.1) is 19.7 Å². The van der Waals surface area contributed by atoms with Crippen LogP contribution in [0.5, 0.6) is 0 Å². The van der Waals surface area contributed by atoms with Gasteiger partial charge in [-0.2, -0.15) is 0 Å². The maximum absolute atomic E-state index is 13.3. The van der Waals surface area contributed by atoms with Gasteiger partial charge in [-0.1, -0.05) is 35.9 Å². The Morgan fingerprint density at radius 1 is 1.21 bits per heavy atom. The van der Waals surface area contributed by atoms with Crippen LogP contribution < -0.4 is 0 Å². The first kappa shape index (κ1) is 13.8. The first-order valence-corrected chi connectivity index (χ1v) is 6.40. The summed E-state index contributed by atoms with van der Waals surface area (Å²) in [5.74, 6) is -0.504. The van der Waals surface area contributed by atoms with Crippen LogP contribution in [-0.4, -0.2) is 5.78 Å². The summed E-state index contributed by atoms with van der Waals surface area (Å²) in [4.78, 5) is 12.2. The molecule has 0 bridgehead atoms. The molecule has 19 heavy (non-hydrogen) atoms. The molecule has 3 heteroatoms. The second-order valence-corrected chi connectivity index (χ2v) is 5.00. The van der Waals surface area contributed by atoms with Crippen LogP contribution in [0.3, 0.4) is 0 Å². The average Bonchev–Trinajstić information content (AvgIpc) is 2.37. The lowest BCUT2D eigenvalue weighted by Crippen LogP contribution is -2.06. The summed E-state index contributed by atoms with van der Waals surface area (Å²) < 4.78 is 13.3. The number of carbonyl (C=O) groups is 1. The van der Waals surface area contributed by atoms with Crippen LogP contribution in [0.4, 0.5) is 4.39 Å².